The van der Waals surface area contributed by atoms with E-state index >= 15 is 0 Å². The summed E-state index contributed by atoms with van der Waals surface area (Å²) >= 11 is 0. The van der Waals surface area contributed by atoms with Crippen molar-refractivity contribution >= 4 is 11.7 Å². The second-order valence-electron chi connectivity index (χ2n) is 8.63. The molecule has 1 amide bonds. The number of benzene rings is 1. The Morgan fingerprint density at radius 1 is 1.15 bits per heavy atom. The minimum atomic E-state index is -1.12. The van der Waals surface area contributed by atoms with Gasteiger partial charge in [-0.05, 0) is 39.5 Å². The van der Waals surface area contributed by atoms with Gasteiger partial charge in [0.1, 0.15) is 23.6 Å². The van der Waals surface area contributed by atoms with Gasteiger partial charge < -0.3 is 10.0 Å². The molecule has 4 rings (SSSR count). The third-order valence-corrected chi connectivity index (χ3v) is 6.21. The van der Waals surface area contributed by atoms with Crippen molar-refractivity contribution in [3.05, 3.63) is 62.8 Å². The highest BCUT2D eigenvalue weighted by Crippen LogP contribution is 2.31. The first-order chi connectivity index (χ1) is 15.6. The minimum absolute atomic E-state index is 0.173. The van der Waals surface area contributed by atoms with Crippen LogP contribution in [0.4, 0.5) is 13.2 Å². The first-order valence-electron chi connectivity index (χ1n) is 10.9. The van der Waals surface area contributed by atoms with E-state index in [-0.39, 0.29) is 23.5 Å². The van der Waals surface area contributed by atoms with E-state index in [1.54, 1.807) is 4.90 Å². The maximum absolute atomic E-state index is 13.9. The molecular weight excluding hydrogens is 439 g/mol. The minimum Gasteiger partial charge on any atom is -0.502 e. The molecule has 0 unspecified atom stereocenters. The largest absolute Gasteiger partial charge is 0.502 e. The number of Topliss-reactive ketones (excluding diaryl/α,β-unsaturated/α-hetero) is 1. The number of piperidine rings is 1. The maximum Gasteiger partial charge on any atom is 0.278 e. The van der Waals surface area contributed by atoms with Gasteiger partial charge in [-0.1, -0.05) is 0 Å². The molecule has 0 aliphatic carbocycles. The lowest BCUT2D eigenvalue weighted by atomic mass is 10.0. The van der Waals surface area contributed by atoms with Crippen LogP contribution in [-0.4, -0.2) is 45.1 Å². The van der Waals surface area contributed by atoms with Gasteiger partial charge in [0.25, 0.3) is 5.91 Å². The number of halogens is 3. The predicted octanol–water partition coefficient (Wildman–Crippen LogP) is 3.10. The number of amides is 1. The summed E-state index contributed by atoms with van der Waals surface area (Å²) in [5.74, 6) is -5.41. The van der Waals surface area contributed by atoms with Crippen molar-refractivity contribution < 1.29 is 27.9 Å². The van der Waals surface area contributed by atoms with Crippen LogP contribution in [0.2, 0.25) is 0 Å². The first-order valence-corrected chi connectivity index (χ1v) is 10.9. The van der Waals surface area contributed by atoms with Gasteiger partial charge in [-0.2, -0.15) is 0 Å². The predicted molar refractivity (Wildman–Crippen MR) is 113 cm³/mol. The molecule has 3 heterocycles. The number of ketones is 1. The van der Waals surface area contributed by atoms with E-state index in [0.29, 0.717) is 25.1 Å². The van der Waals surface area contributed by atoms with Crippen LogP contribution in [0.3, 0.4) is 0 Å². The lowest BCUT2D eigenvalue weighted by Crippen LogP contribution is -2.64. The summed E-state index contributed by atoms with van der Waals surface area (Å²) in [6.07, 6.45) is 2.53. The fraction of sp³-hybridized carbons (Fsp3) is 0.435. The highest BCUT2D eigenvalue weighted by Gasteiger charge is 2.42. The molecule has 1 aromatic heterocycles. The Balaban J connectivity index is 1.71. The number of aromatic hydroxyl groups is 1. The lowest BCUT2D eigenvalue weighted by Gasteiger charge is -2.50. The standard InChI is InChI=1S/C23H24F3N3O4/c1-12(2)29-19-5-3-4-8-27(19)28-11-15(21(31)22(32)20(28)23(29)33)18(30)7-6-14-16(25)9-13(24)10-17(14)26/h9-12,19,32H,3-8H2,1-2H3/t19-/m1/s1. The molecule has 176 valence electrons. The van der Waals surface area contributed by atoms with Crippen LogP contribution >= 0.6 is 0 Å². The molecule has 2 aromatic rings. The van der Waals surface area contributed by atoms with Gasteiger partial charge in [0.2, 0.25) is 5.43 Å². The number of nitrogens with zero attached hydrogens (tertiary/aromatic N) is 3. The molecule has 2 aliphatic heterocycles. The van der Waals surface area contributed by atoms with Crippen molar-refractivity contribution in [3.8, 4) is 5.75 Å². The number of rotatable bonds is 5. The Morgan fingerprint density at radius 2 is 1.82 bits per heavy atom. The van der Waals surface area contributed by atoms with Gasteiger partial charge in [0.05, 0.1) is 5.56 Å². The Kier molecular flexibility index (Phi) is 5.94. The molecule has 33 heavy (non-hydrogen) atoms. The molecule has 7 nitrogen and oxygen atoms in total. The van der Waals surface area contributed by atoms with Crippen molar-refractivity contribution in [1.82, 2.24) is 9.58 Å². The quantitative estimate of drug-likeness (QED) is 0.690. The normalized spacial score (nSPS) is 17.9. The molecule has 0 radical (unpaired) electrons. The fourth-order valence-corrected chi connectivity index (χ4v) is 4.64. The van der Waals surface area contributed by atoms with Crippen molar-refractivity contribution in [2.24, 2.45) is 0 Å². The summed E-state index contributed by atoms with van der Waals surface area (Å²) in [4.78, 5) is 40.4. The van der Waals surface area contributed by atoms with E-state index in [1.807, 2.05) is 18.9 Å². The van der Waals surface area contributed by atoms with Gasteiger partial charge in [-0.15, -0.1) is 0 Å². The molecule has 1 N–H and O–H groups in total. The van der Waals surface area contributed by atoms with Crippen LogP contribution in [0.25, 0.3) is 0 Å². The Hall–Kier alpha value is -3.30. The maximum atomic E-state index is 13.9. The van der Waals surface area contributed by atoms with Crippen molar-refractivity contribution in [1.29, 1.82) is 0 Å². The zero-order valence-electron chi connectivity index (χ0n) is 18.3. The lowest BCUT2D eigenvalue weighted by molar-refractivity contribution is 0.0429. The SMILES string of the molecule is CC(C)N1C(=O)c2c(O)c(=O)c(C(=O)CCc3c(F)cc(F)cc3F)cn2N2CCCC[C@@H]12. The summed E-state index contributed by atoms with van der Waals surface area (Å²) in [6, 6.07) is 0.865. The van der Waals surface area contributed by atoms with Gasteiger partial charge in [-0.25, -0.2) is 13.2 Å². The highest BCUT2D eigenvalue weighted by molar-refractivity contribution is 6.00. The molecule has 0 saturated carbocycles. The summed E-state index contributed by atoms with van der Waals surface area (Å²) in [7, 11) is 0. The number of fused-ring (bicyclic) bond motifs is 3. The average molecular weight is 463 g/mol. The van der Waals surface area contributed by atoms with Crippen LogP contribution in [0.5, 0.6) is 5.75 Å². The number of hydrogen-bond donors (Lipinski definition) is 1. The third kappa shape index (κ3) is 3.87. The molecular formula is C23H24F3N3O4. The van der Waals surface area contributed by atoms with Crippen molar-refractivity contribution in [2.75, 3.05) is 11.6 Å². The van der Waals surface area contributed by atoms with Crippen LogP contribution in [0.15, 0.2) is 23.1 Å². The molecule has 1 saturated heterocycles. The number of carbonyl (C=O) groups excluding carboxylic acids is 2. The molecule has 1 aromatic carbocycles. The van der Waals surface area contributed by atoms with Gasteiger partial charge in [0.15, 0.2) is 17.2 Å². The average Bonchev–Trinajstić information content (AvgIpc) is 2.74. The Morgan fingerprint density at radius 3 is 2.45 bits per heavy atom. The number of aromatic nitrogens is 1. The van der Waals surface area contributed by atoms with Gasteiger partial charge in [-0.3, -0.25) is 24.1 Å². The second kappa shape index (κ2) is 8.57. The van der Waals surface area contributed by atoms with E-state index in [2.05, 4.69) is 0 Å². The number of hydrogen-bond acceptors (Lipinski definition) is 5. The van der Waals surface area contributed by atoms with E-state index in [0.717, 1.165) is 12.8 Å². The monoisotopic (exact) mass is 463 g/mol. The number of pyridine rings is 1. The molecule has 0 bridgehead atoms. The summed E-state index contributed by atoms with van der Waals surface area (Å²) in [6.45, 7) is 4.25. The van der Waals surface area contributed by atoms with E-state index in [4.69, 9.17) is 0 Å². The van der Waals surface area contributed by atoms with E-state index in [9.17, 15) is 32.7 Å². The zero-order valence-corrected chi connectivity index (χ0v) is 18.3. The topological polar surface area (TPSA) is 82.9 Å². The molecule has 2 aliphatic rings. The van der Waals surface area contributed by atoms with Crippen LogP contribution in [-0.2, 0) is 6.42 Å². The highest BCUT2D eigenvalue weighted by atomic mass is 19.1. The fourth-order valence-electron chi connectivity index (χ4n) is 4.64. The Bertz CT molecular complexity index is 1170. The van der Waals surface area contributed by atoms with E-state index in [1.165, 1.54) is 10.9 Å². The third-order valence-electron chi connectivity index (χ3n) is 6.21. The van der Waals surface area contributed by atoms with Crippen molar-refractivity contribution in [2.45, 2.75) is 58.2 Å². The number of carbonyl (C=O) groups is 2. The van der Waals surface area contributed by atoms with Gasteiger partial charge >= 0.3 is 0 Å². The summed E-state index contributed by atoms with van der Waals surface area (Å²) < 4.78 is 42.3. The van der Waals surface area contributed by atoms with Gasteiger partial charge in [0, 0.05) is 42.9 Å². The Labute approximate surface area is 188 Å². The van der Waals surface area contributed by atoms with Crippen LogP contribution in [0.1, 0.15) is 65.9 Å². The van der Waals surface area contributed by atoms with E-state index < -0.39 is 58.7 Å². The molecule has 10 heteroatoms. The molecule has 1 atom stereocenters. The van der Waals surface area contributed by atoms with Crippen LogP contribution in [0, 0.1) is 17.5 Å². The molecule has 1 fully saturated rings. The second-order valence-corrected chi connectivity index (χ2v) is 8.63. The summed E-state index contributed by atoms with van der Waals surface area (Å²) in [5, 5.41) is 12.5. The smallest absolute Gasteiger partial charge is 0.278 e. The first kappa shape index (κ1) is 22.9. The zero-order chi connectivity index (χ0) is 24.0. The van der Waals surface area contributed by atoms with Crippen LogP contribution < -0.4 is 10.4 Å². The van der Waals surface area contributed by atoms with Crippen molar-refractivity contribution in [3.63, 3.8) is 0 Å². The summed E-state index contributed by atoms with van der Waals surface area (Å²) in [5.41, 5.74) is -2.07. The molecule has 0 spiro atoms.